The summed E-state index contributed by atoms with van der Waals surface area (Å²) < 4.78 is 5.84. The standard InChI is InChI=1S/C21H27N3O2/c1-17-4-2-5-18(14-17)16-26-20-7-3-6-19(15-20)21(25)23-10-13-24-11-8-22-9-12-24/h2-7,14-15,22H,8-13,16H2,1H3,(H,23,25). The van der Waals surface area contributed by atoms with E-state index in [1.54, 1.807) is 6.07 Å². The number of amides is 1. The molecule has 0 aromatic heterocycles. The first kappa shape index (κ1) is 18.4. The van der Waals surface area contributed by atoms with Crippen molar-refractivity contribution in [2.24, 2.45) is 0 Å². The molecule has 0 unspecified atom stereocenters. The minimum Gasteiger partial charge on any atom is -0.489 e. The molecule has 1 amide bonds. The molecule has 2 aromatic rings. The van der Waals surface area contributed by atoms with Gasteiger partial charge in [0.1, 0.15) is 12.4 Å². The third-order valence-electron chi connectivity index (χ3n) is 4.51. The molecular formula is C21H27N3O2. The normalized spacial score (nSPS) is 14.8. The van der Waals surface area contributed by atoms with Crippen LogP contribution in [0.5, 0.6) is 5.75 Å². The summed E-state index contributed by atoms with van der Waals surface area (Å²) in [4.78, 5) is 14.7. The van der Waals surface area contributed by atoms with E-state index in [0.29, 0.717) is 24.5 Å². The molecule has 1 aliphatic rings. The second-order valence-electron chi connectivity index (χ2n) is 6.65. The Kier molecular flexibility index (Phi) is 6.63. The monoisotopic (exact) mass is 353 g/mol. The van der Waals surface area contributed by atoms with Crippen LogP contribution >= 0.6 is 0 Å². The maximum atomic E-state index is 12.4. The molecule has 26 heavy (non-hydrogen) atoms. The summed E-state index contributed by atoms with van der Waals surface area (Å²) in [5.74, 6) is 0.655. The molecule has 2 N–H and O–H groups in total. The van der Waals surface area contributed by atoms with E-state index in [2.05, 4.69) is 34.6 Å². The van der Waals surface area contributed by atoms with Crippen LogP contribution in [-0.2, 0) is 6.61 Å². The van der Waals surface area contributed by atoms with E-state index in [1.807, 2.05) is 30.3 Å². The van der Waals surface area contributed by atoms with Crippen LogP contribution in [0.3, 0.4) is 0 Å². The van der Waals surface area contributed by atoms with Gasteiger partial charge in [-0.2, -0.15) is 0 Å². The highest BCUT2D eigenvalue weighted by Gasteiger charge is 2.10. The summed E-state index contributed by atoms with van der Waals surface area (Å²) in [6.07, 6.45) is 0. The average Bonchev–Trinajstić information content (AvgIpc) is 2.67. The van der Waals surface area contributed by atoms with Gasteiger partial charge in [0, 0.05) is 44.8 Å². The zero-order chi connectivity index (χ0) is 18.2. The number of nitrogens with one attached hydrogen (secondary N) is 2. The Balaban J connectivity index is 1.48. The molecule has 0 spiro atoms. The smallest absolute Gasteiger partial charge is 0.251 e. The van der Waals surface area contributed by atoms with Gasteiger partial charge in [-0.3, -0.25) is 9.69 Å². The highest BCUT2D eigenvalue weighted by atomic mass is 16.5. The number of hydrogen-bond donors (Lipinski definition) is 2. The highest BCUT2D eigenvalue weighted by molar-refractivity contribution is 5.94. The molecule has 5 heteroatoms. The topological polar surface area (TPSA) is 53.6 Å². The molecule has 138 valence electrons. The first-order chi connectivity index (χ1) is 12.7. The number of benzene rings is 2. The molecule has 0 saturated carbocycles. The Morgan fingerprint density at radius 1 is 1.15 bits per heavy atom. The van der Waals surface area contributed by atoms with Gasteiger partial charge in [0.25, 0.3) is 5.91 Å². The van der Waals surface area contributed by atoms with Gasteiger partial charge in [0.2, 0.25) is 0 Å². The van der Waals surface area contributed by atoms with Crippen molar-refractivity contribution in [1.29, 1.82) is 0 Å². The van der Waals surface area contributed by atoms with E-state index >= 15 is 0 Å². The molecule has 1 saturated heterocycles. The molecular weight excluding hydrogens is 326 g/mol. The largest absolute Gasteiger partial charge is 0.489 e. The lowest BCUT2D eigenvalue weighted by atomic mass is 10.1. The van der Waals surface area contributed by atoms with Crippen molar-refractivity contribution in [3.63, 3.8) is 0 Å². The molecule has 5 nitrogen and oxygen atoms in total. The number of nitrogens with zero attached hydrogens (tertiary/aromatic N) is 1. The Bertz CT molecular complexity index is 727. The summed E-state index contributed by atoms with van der Waals surface area (Å²) in [7, 11) is 0. The van der Waals surface area contributed by atoms with Crippen molar-refractivity contribution in [2.75, 3.05) is 39.3 Å². The minimum atomic E-state index is -0.0545. The second kappa shape index (κ2) is 9.36. The molecule has 0 bridgehead atoms. The predicted octanol–water partition coefficient (Wildman–Crippen LogP) is 2.21. The van der Waals surface area contributed by atoms with Crippen molar-refractivity contribution in [3.05, 3.63) is 65.2 Å². The summed E-state index contributed by atoms with van der Waals surface area (Å²) in [6.45, 7) is 8.23. The van der Waals surface area contributed by atoms with Crippen LogP contribution in [0, 0.1) is 6.92 Å². The maximum Gasteiger partial charge on any atom is 0.251 e. The average molecular weight is 353 g/mol. The van der Waals surface area contributed by atoms with Gasteiger partial charge in [-0.1, -0.05) is 35.9 Å². The lowest BCUT2D eigenvalue weighted by Gasteiger charge is -2.27. The molecule has 0 atom stereocenters. The van der Waals surface area contributed by atoms with Gasteiger partial charge in [-0.25, -0.2) is 0 Å². The van der Waals surface area contributed by atoms with Gasteiger partial charge < -0.3 is 15.4 Å². The molecule has 0 aliphatic carbocycles. The quantitative estimate of drug-likeness (QED) is 0.801. The summed E-state index contributed by atoms with van der Waals surface area (Å²) in [5.41, 5.74) is 2.96. The minimum absolute atomic E-state index is 0.0545. The van der Waals surface area contributed by atoms with Crippen LogP contribution in [0.25, 0.3) is 0 Å². The first-order valence-corrected chi connectivity index (χ1v) is 9.20. The lowest BCUT2D eigenvalue weighted by Crippen LogP contribution is -2.46. The maximum absolute atomic E-state index is 12.4. The summed E-state index contributed by atoms with van der Waals surface area (Å²) in [6, 6.07) is 15.6. The van der Waals surface area contributed by atoms with E-state index in [9.17, 15) is 4.79 Å². The number of rotatable bonds is 7. The molecule has 2 aromatic carbocycles. The van der Waals surface area contributed by atoms with Crippen LogP contribution in [0.2, 0.25) is 0 Å². The third-order valence-corrected chi connectivity index (χ3v) is 4.51. The Hall–Kier alpha value is -2.37. The summed E-state index contributed by atoms with van der Waals surface area (Å²) in [5, 5.41) is 6.33. The molecule has 1 heterocycles. The Morgan fingerprint density at radius 3 is 2.77 bits per heavy atom. The molecule has 1 aliphatic heterocycles. The van der Waals surface area contributed by atoms with Gasteiger partial charge in [-0.05, 0) is 30.7 Å². The van der Waals surface area contributed by atoms with Crippen LogP contribution in [0.15, 0.2) is 48.5 Å². The molecule has 0 radical (unpaired) electrons. The lowest BCUT2D eigenvalue weighted by molar-refractivity contribution is 0.0947. The van der Waals surface area contributed by atoms with E-state index in [1.165, 1.54) is 5.56 Å². The van der Waals surface area contributed by atoms with Crippen molar-refractivity contribution in [3.8, 4) is 5.75 Å². The zero-order valence-electron chi connectivity index (χ0n) is 15.3. The molecule has 3 rings (SSSR count). The van der Waals surface area contributed by atoms with E-state index in [0.717, 1.165) is 38.3 Å². The molecule has 1 fully saturated rings. The number of ether oxygens (including phenoxy) is 1. The Labute approximate surface area is 155 Å². The van der Waals surface area contributed by atoms with Gasteiger partial charge in [0.05, 0.1) is 0 Å². The van der Waals surface area contributed by atoms with Crippen LogP contribution in [-0.4, -0.2) is 50.1 Å². The van der Waals surface area contributed by atoms with Crippen LogP contribution in [0.4, 0.5) is 0 Å². The van der Waals surface area contributed by atoms with Crippen LogP contribution in [0.1, 0.15) is 21.5 Å². The fraction of sp³-hybridized carbons (Fsp3) is 0.381. The number of aryl methyl sites for hydroxylation is 1. The number of carbonyl (C=O) groups excluding carboxylic acids is 1. The van der Waals surface area contributed by atoms with Crippen LogP contribution < -0.4 is 15.4 Å². The van der Waals surface area contributed by atoms with E-state index in [-0.39, 0.29) is 5.91 Å². The SMILES string of the molecule is Cc1cccc(COc2cccc(C(=O)NCCN3CCNCC3)c2)c1. The van der Waals surface area contributed by atoms with Crippen molar-refractivity contribution < 1.29 is 9.53 Å². The van der Waals surface area contributed by atoms with E-state index < -0.39 is 0 Å². The third kappa shape index (κ3) is 5.58. The summed E-state index contributed by atoms with van der Waals surface area (Å²) >= 11 is 0. The van der Waals surface area contributed by atoms with Crippen molar-refractivity contribution >= 4 is 5.91 Å². The first-order valence-electron chi connectivity index (χ1n) is 9.20. The number of piperazine rings is 1. The zero-order valence-corrected chi connectivity index (χ0v) is 15.3. The van der Waals surface area contributed by atoms with Gasteiger partial charge in [0.15, 0.2) is 0 Å². The Morgan fingerprint density at radius 2 is 1.96 bits per heavy atom. The number of carbonyl (C=O) groups is 1. The van der Waals surface area contributed by atoms with Gasteiger partial charge >= 0.3 is 0 Å². The highest BCUT2D eigenvalue weighted by Crippen LogP contribution is 2.15. The predicted molar refractivity (Wildman–Crippen MR) is 104 cm³/mol. The van der Waals surface area contributed by atoms with Crippen molar-refractivity contribution in [1.82, 2.24) is 15.5 Å². The van der Waals surface area contributed by atoms with Crippen molar-refractivity contribution in [2.45, 2.75) is 13.5 Å². The van der Waals surface area contributed by atoms with Gasteiger partial charge in [-0.15, -0.1) is 0 Å². The van der Waals surface area contributed by atoms with E-state index in [4.69, 9.17) is 4.74 Å². The fourth-order valence-electron chi connectivity index (χ4n) is 3.06. The second-order valence-corrected chi connectivity index (χ2v) is 6.65. The number of hydrogen-bond acceptors (Lipinski definition) is 4. The fourth-order valence-corrected chi connectivity index (χ4v) is 3.06.